The molecule has 0 fully saturated rings. The van der Waals surface area contributed by atoms with E-state index in [1.165, 1.54) is 11.1 Å². The molecule has 0 spiro atoms. The Kier molecular flexibility index (Phi) is 2.48. The highest BCUT2D eigenvalue weighted by Crippen LogP contribution is 2.33. The third kappa shape index (κ3) is 1.43. The van der Waals surface area contributed by atoms with Crippen LogP contribution in [0.4, 0.5) is 0 Å². The largest absolute Gasteiger partial charge is 0.530 e. The van der Waals surface area contributed by atoms with Crippen LogP contribution in [0.15, 0.2) is 30.3 Å². The molecule has 1 unspecified atom stereocenters. The molecule has 1 atom stereocenters. The molecule has 0 saturated carbocycles. The molecule has 0 radical (unpaired) electrons. The minimum atomic E-state index is -1.60. The zero-order valence-electron chi connectivity index (χ0n) is 6.37. The standard InChI is InChI=1S/C9H7.Al.2ClH/c1-2-5-9-7-3-6-8(9)4-1;;;/h1-7H;;2*1H/q;+2;;/p-2. The minimum absolute atomic E-state index is 0.310. The van der Waals surface area contributed by atoms with Gasteiger partial charge in [-0.2, -0.15) is 0 Å². The fourth-order valence-electron chi connectivity index (χ4n) is 1.50. The predicted molar refractivity (Wildman–Crippen MR) is 55.7 cm³/mol. The second-order valence-electron chi connectivity index (χ2n) is 2.85. The van der Waals surface area contributed by atoms with E-state index < -0.39 is 12.3 Å². The summed E-state index contributed by atoms with van der Waals surface area (Å²) in [7, 11) is 11.9. The summed E-state index contributed by atoms with van der Waals surface area (Å²) in [6.07, 6.45) is 4.21. The van der Waals surface area contributed by atoms with Gasteiger partial charge < -0.3 is 0 Å². The van der Waals surface area contributed by atoms with E-state index in [2.05, 4.69) is 24.3 Å². The molecule has 60 valence electrons. The number of rotatable bonds is 1. The van der Waals surface area contributed by atoms with Crippen molar-refractivity contribution in [2.45, 2.75) is 4.78 Å². The summed E-state index contributed by atoms with van der Waals surface area (Å²) in [6, 6.07) is 8.26. The SMILES string of the molecule is [Cl][Al]([Cl])[CH]1C=Cc2ccccc21. The van der Waals surface area contributed by atoms with Crippen molar-refractivity contribution in [1.82, 2.24) is 0 Å². The Morgan fingerprint density at radius 3 is 2.67 bits per heavy atom. The maximum Gasteiger partial charge on any atom is 0.530 e. The molecule has 1 aliphatic rings. The van der Waals surface area contributed by atoms with Crippen molar-refractivity contribution < 1.29 is 0 Å². The van der Waals surface area contributed by atoms with Gasteiger partial charge in [-0.1, -0.05) is 36.4 Å². The molecule has 0 aromatic heterocycles. The van der Waals surface area contributed by atoms with Crippen molar-refractivity contribution in [2.24, 2.45) is 0 Å². The van der Waals surface area contributed by atoms with Crippen LogP contribution >= 0.6 is 20.1 Å². The summed E-state index contributed by atoms with van der Waals surface area (Å²) < 4.78 is 0.310. The average Bonchev–Trinajstić information content (AvgIpc) is 2.47. The van der Waals surface area contributed by atoms with Gasteiger partial charge in [0, 0.05) is 0 Å². The van der Waals surface area contributed by atoms with Gasteiger partial charge in [0.25, 0.3) is 0 Å². The van der Waals surface area contributed by atoms with Gasteiger partial charge in [-0.25, -0.2) is 20.1 Å². The summed E-state index contributed by atoms with van der Waals surface area (Å²) in [5, 5.41) is 0. The summed E-state index contributed by atoms with van der Waals surface area (Å²) in [5.41, 5.74) is 2.56. The van der Waals surface area contributed by atoms with E-state index in [1.54, 1.807) is 0 Å². The van der Waals surface area contributed by atoms with E-state index in [-0.39, 0.29) is 0 Å². The van der Waals surface area contributed by atoms with Crippen LogP contribution in [0, 0.1) is 0 Å². The van der Waals surface area contributed by atoms with Crippen molar-refractivity contribution in [1.29, 1.82) is 0 Å². The monoisotopic (exact) mass is 212 g/mol. The summed E-state index contributed by atoms with van der Waals surface area (Å²) in [6.45, 7) is 0. The smallest absolute Gasteiger partial charge is 0.233 e. The second kappa shape index (κ2) is 3.44. The third-order valence-corrected chi connectivity index (χ3v) is 4.86. The fourth-order valence-corrected chi connectivity index (χ4v) is 3.67. The first kappa shape index (κ1) is 8.66. The summed E-state index contributed by atoms with van der Waals surface area (Å²) >= 11 is -1.60. The summed E-state index contributed by atoms with van der Waals surface area (Å²) in [4.78, 5) is 0. The number of allylic oxidation sites excluding steroid dienone is 1. The summed E-state index contributed by atoms with van der Waals surface area (Å²) in [5.74, 6) is 0. The fraction of sp³-hybridized carbons (Fsp3) is 0.111. The van der Waals surface area contributed by atoms with Crippen molar-refractivity contribution in [2.75, 3.05) is 0 Å². The van der Waals surface area contributed by atoms with E-state index in [0.29, 0.717) is 4.78 Å². The second-order valence-corrected chi connectivity index (χ2v) is 7.73. The lowest BCUT2D eigenvalue weighted by Crippen LogP contribution is -2.06. The minimum Gasteiger partial charge on any atom is -0.233 e. The third-order valence-electron chi connectivity index (χ3n) is 2.11. The number of halogens is 2. The van der Waals surface area contributed by atoms with Crippen molar-refractivity contribution >= 4 is 38.5 Å². The first-order valence-corrected chi connectivity index (χ1v) is 8.00. The highest BCUT2D eigenvalue weighted by atomic mass is 35.7. The van der Waals surface area contributed by atoms with E-state index in [4.69, 9.17) is 20.1 Å². The van der Waals surface area contributed by atoms with Gasteiger partial charge in [-0.05, 0) is 15.9 Å². The number of benzene rings is 1. The number of hydrogen-bond acceptors (Lipinski definition) is 0. The first-order valence-electron chi connectivity index (χ1n) is 3.84. The van der Waals surface area contributed by atoms with Gasteiger partial charge in [-0.3, -0.25) is 0 Å². The van der Waals surface area contributed by atoms with Crippen LogP contribution < -0.4 is 0 Å². The van der Waals surface area contributed by atoms with Crippen LogP contribution in [-0.2, 0) is 0 Å². The molecule has 0 N–H and O–H groups in total. The van der Waals surface area contributed by atoms with Gasteiger partial charge in [0.15, 0.2) is 0 Å². The molecule has 0 nitrogen and oxygen atoms in total. The molecular formula is C9H7AlCl2. The van der Waals surface area contributed by atoms with Crippen LogP contribution in [-0.4, -0.2) is 12.3 Å². The van der Waals surface area contributed by atoms with Crippen molar-refractivity contribution in [3.05, 3.63) is 41.5 Å². The normalized spacial score (nSPS) is 19.3. The first-order chi connectivity index (χ1) is 5.79. The molecule has 1 aliphatic carbocycles. The zero-order chi connectivity index (χ0) is 8.55. The van der Waals surface area contributed by atoms with Crippen LogP contribution in [0.25, 0.3) is 6.08 Å². The molecule has 1 aromatic carbocycles. The lowest BCUT2D eigenvalue weighted by molar-refractivity contribution is 1.24. The van der Waals surface area contributed by atoms with Gasteiger partial charge >= 0.3 is 12.3 Å². The Labute approximate surface area is 84.6 Å². The van der Waals surface area contributed by atoms with Crippen LogP contribution in [0.1, 0.15) is 15.9 Å². The number of fused-ring (bicyclic) bond motifs is 1. The quantitative estimate of drug-likeness (QED) is 0.627. The Balaban J connectivity index is 2.42. The predicted octanol–water partition coefficient (Wildman–Crippen LogP) is 3.30. The molecule has 2 rings (SSSR count). The van der Waals surface area contributed by atoms with Gasteiger partial charge in [-0.15, -0.1) is 0 Å². The highest BCUT2D eigenvalue weighted by Gasteiger charge is 2.28. The Hall–Kier alpha value is 0.0725. The van der Waals surface area contributed by atoms with E-state index in [0.717, 1.165) is 0 Å². The van der Waals surface area contributed by atoms with Crippen molar-refractivity contribution in [3.8, 4) is 0 Å². The average molecular weight is 213 g/mol. The molecule has 12 heavy (non-hydrogen) atoms. The molecule has 0 heterocycles. The Morgan fingerprint density at radius 2 is 1.92 bits per heavy atom. The number of hydrogen-bond donors (Lipinski definition) is 0. The molecule has 3 heteroatoms. The Morgan fingerprint density at radius 1 is 1.17 bits per heavy atom. The molecule has 0 amide bonds. The topological polar surface area (TPSA) is 0 Å². The Bertz CT molecular complexity index is 320. The van der Waals surface area contributed by atoms with Crippen LogP contribution in [0.5, 0.6) is 0 Å². The van der Waals surface area contributed by atoms with Gasteiger partial charge in [0.2, 0.25) is 0 Å². The van der Waals surface area contributed by atoms with E-state index in [9.17, 15) is 0 Å². The maximum atomic E-state index is 5.96. The van der Waals surface area contributed by atoms with E-state index >= 15 is 0 Å². The van der Waals surface area contributed by atoms with Gasteiger partial charge in [0.05, 0.1) is 0 Å². The molecular weight excluding hydrogens is 206 g/mol. The van der Waals surface area contributed by atoms with Crippen LogP contribution in [0.2, 0.25) is 0 Å². The van der Waals surface area contributed by atoms with E-state index in [1.807, 2.05) is 12.1 Å². The van der Waals surface area contributed by atoms with Crippen LogP contribution in [0.3, 0.4) is 0 Å². The lowest BCUT2D eigenvalue weighted by Gasteiger charge is -2.06. The van der Waals surface area contributed by atoms with Gasteiger partial charge in [0.1, 0.15) is 0 Å². The lowest BCUT2D eigenvalue weighted by atomic mass is 10.1. The molecule has 0 aliphatic heterocycles. The van der Waals surface area contributed by atoms with Crippen molar-refractivity contribution in [3.63, 3.8) is 0 Å². The highest BCUT2D eigenvalue weighted by molar-refractivity contribution is 7.34. The molecule has 1 aromatic rings. The maximum absolute atomic E-state index is 5.96. The molecule has 0 saturated heterocycles. The zero-order valence-corrected chi connectivity index (χ0v) is 9.04. The molecule has 0 bridgehead atoms.